The Hall–Kier alpha value is -0.660. The van der Waals surface area contributed by atoms with Crippen molar-refractivity contribution in [3.8, 4) is 0 Å². The number of hydrogen-bond donors (Lipinski definition) is 1. The van der Waals surface area contributed by atoms with E-state index in [0.29, 0.717) is 48.7 Å². The van der Waals surface area contributed by atoms with E-state index in [-0.39, 0.29) is 20.8 Å². The number of ether oxygens (including phenoxy) is 2. The highest BCUT2D eigenvalue weighted by Gasteiger charge is 2.55. The third-order valence-electron chi connectivity index (χ3n) is 9.11. The van der Waals surface area contributed by atoms with Crippen LogP contribution in [0.25, 0.3) is 0 Å². The van der Waals surface area contributed by atoms with Crippen molar-refractivity contribution in [1.82, 2.24) is 0 Å². The second kappa shape index (κ2) is 10.1. The second-order valence-corrected chi connectivity index (χ2v) is 11.9. The highest BCUT2D eigenvalue weighted by Crippen LogP contribution is 2.62. The smallest absolute Gasteiger partial charge is 0.302 e. The Morgan fingerprint density at radius 3 is 2.10 bits per heavy atom. The Balaban J connectivity index is 0.00000171. The maximum atomic E-state index is 11.2. The Kier molecular flexibility index (Phi) is 8.65. The molecule has 4 aliphatic rings. The fourth-order valence-electron chi connectivity index (χ4n) is 7.86. The second-order valence-electron chi connectivity index (χ2n) is 10.5. The maximum absolute atomic E-state index is 11.2. The van der Waals surface area contributed by atoms with Crippen LogP contribution in [0.4, 0.5) is 0 Å². The summed E-state index contributed by atoms with van der Waals surface area (Å²) in [6, 6.07) is 0. The van der Waals surface area contributed by atoms with Gasteiger partial charge in [0.1, 0.15) is 0 Å². The minimum Gasteiger partial charge on any atom is -0.466 e. The number of carbonyl (C=O) groups excluding carboxylic acids is 1. The number of rotatable bonds is 8. The molecule has 4 rings (SSSR count). The summed E-state index contributed by atoms with van der Waals surface area (Å²) in [5, 5.41) is 0. The summed E-state index contributed by atoms with van der Waals surface area (Å²) >= 11 is 0. The first-order chi connectivity index (χ1) is 13.6. The predicted octanol–water partition coefficient (Wildman–Crippen LogP) is 4.89. The Morgan fingerprint density at radius 1 is 0.903 bits per heavy atom. The fraction of sp³-hybridized carbons (Fsp3) is 0.958. The molecule has 1 N–H and O–H groups in total. The van der Waals surface area contributed by atoms with Gasteiger partial charge >= 0.3 is 5.97 Å². The van der Waals surface area contributed by atoms with Gasteiger partial charge in [-0.1, -0.05) is 28.7 Å². The van der Waals surface area contributed by atoms with E-state index in [4.69, 9.17) is 14.0 Å². The fourth-order valence-corrected chi connectivity index (χ4v) is 8.17. The Morgan fingerprint density at radius 2 is 1.52 bits per heavy atom. The maximum Gasteiger partial charge on any atom is 0.302 e. The first-order valence-electron chi connectivity index (χ1n) is 11.3. The zero-order valence-corrected chi connectivity index (χ0v) is 18.6. The van der Waals surface area contributed by atoms with Gasteiger partial charge in [-0.3, -0.25) is 9.35 Å². The lowest BCUT2D eigenvalue weighted by Gasteiger charge is -2.40. The minimum atomic E-state index is -4.05. The molecule has 0 amide bonds. The highest BCUT2D eigenvalue weighted by atomic mass is 32.2. The van der Waals surface area contributed by atoms with Crippen LogP contribution >= 0.6 is 0 Å². The molecule has 7 heteroatoms. The number of esters is 1. The van der Waals surface area contributed by atoms with Gasteiger partial charge in [0.15, 0.2) is 5.94 Å². The van der Waals surface area contributed by atoms with Gasteiger partial charge < -0.3 is 9.47 Å². The third kappa shape index (κ3) is 5.47. The van der Waals surface area contributed by atoms with Crippen LogP contribution in [0.15, 0.2) is 0 Å². The number of carbonyl (C=O) groups is 1. The number of fused-ring (bicyclic) bond motifs is 4. The van der Waals surface area contributed by atoms with Crippen LogP contribution in [0.2, 0.25) is 0 Å². The van der Waals surface area contributed by atoms with Crippen molar-refractivity contribution >= 4 is 16.1 Å². The van der Waals surface area contributed by atoms with Crippen molar-refractivity contribution in [1.29, 1.82) is 0 Å². The third-order valence-corrected chi connectivity index (χ3v) is 9.57. The molecule has 0 radical (unpaired) electrons. The van der Waals surface area contributed by atoms with E-state index >= 15 is 0 Å². The van der Waals surface area contributed by atoms with Crippen LogP contribution in [0.1, 0.15) is 67.7 Å². The van der Waals surface area contributed by atoms with E-state index in [2.05, 4.69) is 13.8 Å². The summed E-state index contributed by atoms with van der Waals surface area (Å²) < 4.78 is 41.4. The van der Waals surface area contributed by atoms with Gasteiger partial charge in [-0.2, -0.15) is 8.42 Å². The molecule has 10 atom stereocenters. The molecule has 0 aromatic heterocycles. The summed E-state index contributed by atoms with van der Waals surface area (Å²) in [6.07, 6.45) is 6.14. The molecule has 182 valence electrons. The summed E-state index contributed by atoms with van der Waals surface area (Å²) in [7, 11) is -4.05. The van der Waals surface area contributed by atoms with Gasteiger partial charge in [0.25, 0.3) is 10.1 Å². The standard InChI is InChI=1S/C22H36O6S.2CH4/c1-12-15-4-17(9-27-11-29(24,25)26)22(6-15)21(12)8-20-13(2)19-7-16(20)5-18(19)10-28-14(3)23;;/h12-13,15-22H,4-11H2,1-3H3,(H,24,25,26);2*1H4/t12?,13?,15-,16+,17?,18?,19-,20?,21?,22-;;/m0../s1. The van der Waals surface area contributed by atoms with Gasteiger partial charge in [-0.25, -0.2) is 0 Å². The van der Waals surface area contributed by atoms with Crippen LogP contribution in [0.5, 0.6) is 0 Å². The van der Waals surface area contributed by atoms with Crippen LogP contribution in [0, 0.1) is 59.2 Å². The van der Waals surface area contributed by atoms with Gasteiger partial charge in [0.05, 0.1) is 13.2 Å². The molecule has 0 saturated heterocycles. The van der Waals surface area contributed by atoms with Crippen molar-refractivity contribution in [2.45, 2.75) is 67.7 Å². The van der Waals surface area contributed by atoms with E-state index < -0.39 is 16.1 Å². The van der Waals surface area contributed by atoms with Crippen molar-refractivity contribution in [2.24, 2.45) is 59.2 Å². The van der Waals surface area contributed by atoms with Gasteiger partial charge in [-0.15, -0.1) is 0 Å². The quantitative estimate of drug-likeness (QED) is 0.410. The highest BCUT2D eigenvalue weighted by molar-refractivity contribution is 7.85. The Bertz CT molecular complexity index is 720. The molecule has 4 fully saturated rings. The average molecular weight is 461 g/mol. The summed E-state index contributed by atoms with van der Waals surface area (Å²) in [4.78, 5) is 11.2. The predicted molar refractivity (Wildman–Crippen MR) is 122 cm³/mol. The first-order valence-corrected chi connectivity index (χ1v) is 12.9. The Labute approximate surface area is 189 Å². The molecular weight excluding hydrogens is 416 g/mol. The van der Waals surface area contributed by atoms with E-state index in [1.54, 1.807) is 0 Å². The van der Waals surface area contributed by atoms with Gasteiger partial charge in [-0.05, 0) is 91.3 Å². The lowest BCUT2D eigenvalue weighted by Crippen LogP contribution is -2.35. The van der Waals surface area contributed by atoms with Crippen molar-refractivity contribution in [3.05, 3.63) is 0 Å². The van der Waals surface area contributed by atoms with Crippen molar-refractivity contribution in [3.63, 3.8) is 0 Å². The number of hydrogen-bond acceptors (Lipinski definition) is 5. The zero-order chi connectivity index (χ0) is 20.9. The summed E-state index contributed by atoms with van der Waals surface area (Å²) in [5.41, 5.74) is 0. The molecule has 4 bridgehead atoms. The largest absolute Gasteiger partial charge is 0.466 e. The lowest BCUT2D eigenvalue weighted by atomic mass is 9.66. The van der Waals surface area contributed by atoms with Crippen LogP contribution in [-0.4, -0.2) is 38.1 Å². The van der Waals surface area contributed by atoms with Gasteiger partial charge in [0.2, 0.25) is 0 Å². The molecule has 4 aliphatic carbocycles. The van der Waals surface area contributed by atoms with E-state index in [1.807, 2.05) is 0 Å². The van der Waals surface area contributed by atoms with E-state index in [0.717, 1.165) is 30.1 Å². The summed E-state index contributed by atoms with van der Waals surface area (Å²) in [6.45, 7) is 7.34. The first kappa shape index (κ1) is 26.6. The minimum absolute atomic E-state index is 0. The molecule has 0 heterocycles. The monoisotopic (exact) mass is 460 g/mol. The molecular formula is C24H44O6S. The topological polar surface area (TPSA) is 89.9 Å². The summed E-state index contributed by atoms with van der Waals surface area (Å²) in [5.74, 6) is 5.90. The lowest BCUT2D eigenvalue weighted by molar-refractivity contribution is -0.143. The van der Waals surface area contributed by atoms with Crippen molar-refractivity contribution < 1.29 is 27.2 Å². The van der Waals surface area contributed by atoms with Crippen LogP contribution in [-0.2, 0) is 24.4 Å². The van der Waals surface area contributed by atoms with Crippen LogP contribution in [0.3, 0.4) is 0 Å². The zero-order valence-electron chi connectivity index (χ0n) is 17.8. The normalized spacial score (nSPS) is 42.8. The van der Waals surface area contributed by atoms with E-state index in [9.17, 15) is 13.2 Å². The molecule has 0 aliphatic heterocycles. The molecule has 0 aromatic rings. The van der Waals surface area contributed by atoms with E-state index in [1.165, 1.54) is 32.6 Å². The average Bonchev–Trinajstić information content (AvgIpc) is 3.35. The van der Waals surface area contributed by atoms with Gasteiger partial charge in [0, 0.05) is 6.92 Å². The molecule has 4 saturated carbocycles. The SMILES string of the molecule is C.C.CC(=O)OCC1C[C@@H]2C[C@H]1C(C)C2CC1C(C)[C@H]2CC(COCS(=O)(=O)O)[C@@H]1C2. The molecule has 6 nitrogen and oxygen atoms in total. The molecule has 0 aromatic carbocycles. The molecule has 6 unspecified atom stereocenters. The molecule has 0 spiro atoms. The molecule has 31 heavy (non-hydrogen) atoms. The van der Waals surface area contributed by atoms with Crippen molar-refractivity contribution in [2.75, 3.05) is 19.2 Å². The van der Waals surface area contributed by atoms with Crippen LogP contribution < -0.4 is 0 Å².